The molecule has 0 aliphatic carbocycles. The summed E-state index contributed by atoms with van der Waals surface area (Å²) in [4.78, 5) is 27.7. The van der Waals surface area contributed by atoms with Gasteiger partial charge in [0, 0.05) is 25.8 Å². The molecule has 3 heterocycles. The van der Waals surface area contributed by atoms with Crippen LogP contribution in [0.4, 0.5) is 0 Å². The van der Waals surface area contributed by atoms with Crippen LogP contribution in [-0.4, -0.2) is 67.9 Å². The molecule has 2 saturated heterocycles. The van der Waals surface area contributed by atoms with Gasteiger partial charge in [-0.05, 0) is 50.3 Å². The SMILES string of the molecule is COc1ccc(OC)c(-c2cc(C(=O)N3CCCC[C@@H]3C(=O)NC[C@H]3CCCO3)no2)c1. The highest BCUT2D eigenvalue weighted by atomic mass is 16.5. The fourth-order valence-electron chi connectivity index (χ4n) is 4.24. The summed E-state index contributed by atoms with van der Waals surface area (Å²) in [6.45, 7) is 1.71. The number of carbonyl (C=O) groups excluding carboxylic acids is 2. The minimum atomic E-state index is -0.524. The van der Waals surface area contributed by atoms with E-state index in [1.54, 1.807) is 43.4 Å². The molecule has 2 aromatic rings. The molecule has 1 aromatic carbocycles. The van der Waals surface area contributed by atoms with Crippen LogP contribution >= 0.6 is 0 Å². The maximum atomic E-state index is 13.2. The topological polar surface area (TPSA) is 103 Å². The Balaban J connectivity index is 1.49. The van der Waals surface area contributed by atoms with Gasteiger partial charge in [-0.2, -0.15) is 0 Å². The number of benzene rings is 1. The number of amides is 2. The Labute approximate surface area is 187 Å². The zero-order chi connectivity index (χ0) is 22.5. The number of nitrogens with one attached hydrogen (secondary N) is 1. The Bertz CT molecular complexity index is 953. The van der Waals surface area contributed by atoms with Crippen molar-refractivity contribution in [2.75, 3.05) is 33.9 Å². The Morgan fingerprint density at radius 3 is 2.78 bits per heavy atom. The predicted octanol–water partition coefficient (Wildman–Crippen LogP) is 2.65. The molecule has 2 aliphatic heterocycles. The fourth-order valence-corrected chi connectivity index (χ4v) is 4.24. The molecule has 1 aromatic heterocycles. The molecule has 32 heavy (non-hydrogen) atoms. The highest BCUT2D eigenvalue weighted by molar-refractivity contribution is 5.97. The van der Waals surface area contributed by atoms with Crippen molar-refractivity contribution in [3.05, 3.63) is 30.0 Å². The third-order valence-corrected chi connectivity index (χ3v) is 6.00. The van der Waals surface area contributed by atoms with Crippen LogP contribution in [0.25, 0.3) is 11.3 Å². The number of nitrogens with zero attached hydrogens (tertiary/aromatic N) is 2. The fraction of sp³-hybridized carbons (Fsp3) is 0.522. The molecule has 2 atom stereocenters. The van der Waals surface area contributed by atoms with Crippen LogP contribution in [0.15, 0.2) is 28.8 Å². The van der Waals surface area contributed by atoms with E-state index in [1.807, 2.05) is 0 Å². The van der Waals surface area contributed by atoms with Gasteiger partial charge in [0.05, 0.1) is 25.9 Å². The van der Waals surface area contributed by atoms with E-state index in [-0.39, 0.29) is 23.6 Å². The number of piperidine rings is 1. The second-order valence-electron chi connectivity index (χ2n) is 8.03. The number of methoxy groups -OCH3 is 2. The molecule has 2 aliphatic rings. The number of carbonyl (C=O) groups is 2. The first-order chi connectivity index (χ1) is 15.6. The molecular formula is C23H29N3O6. The minimum Gasteiger partial charge on any atom is -0.497 e. The number of likely N-dealkylation sites (tertiary alicyclic amines) is 1. The molecule has 0 radical (unpaired) electrons. The van der Waals surface area contributed by atoms with Crippen molar-refractivity contribution >= 4 is 11.8 Å². The first-order valence-corrected chi connectivity index (χ1v) is 11.0. The molecule has 0 spiro atoms. The summed E-state index contributed by atoms with van der Waals surface area (Å²) in [6.07, 6.45) is 4.38. The first-order valence-electron chi connectivity index (χ1n) is 11.0. The van der Waals surface area contributed by atoms with E-state index in [0.717, 1.165) is 32.3 Å². The molecule has 4 rings (SSSR count). The van der Waals surface area contributed by atoms with Gasteiger partial charge < -0.3 is 29.0 Å². The Morgan fingerprint density at radius 2 is 2.03 bits per heavy atom. The second-order valence-corrected chi connectivity index (χ2v) is 8.03. The maximum absolute atomic E-state index is 13.2. The van der Waals surface area contributed by atoms with Gasteiger partial charge in [0.2, 0.25) is 5.91 Å². The summed E-state index contributed by atoms with van der Waals surface area (Å²) in [7, 11) is 3.13. The molecule has 1 N–H and O–H groups in total. The summed E-state index contributed by atoms with van der Waals surface area (Å²) in [5.74, 6) is 1.13. The minimum absolute atomic E-state index is 0.0580. The Morgan fingerprint density at radius 1 is 1.16 bits per heavy atom. The van der Waals surface area contributed by atoms with Crippen molar-refractivity contribution in [2.45, 2.75) is 44.2 Å². The molecule has 0 bridgehead atoms. The number of hydrogen-bond donors (Lipinski definition) is 1. The van der Waals surface area contributed by atoms with E-state index in [4.69, 9.17) is 18.7 Å². The summed E-state index contributed by atoms with van der Waals surface area (Å²) < 4.78 is 21.7. The third-order valence-electron chi connectivity index (χ3n) is 6.00. The zero-order valence-electron chi connectivity index (χ0n) is 18.5. The predicted molar refractivity (Wildman–Crippen MR) is 116 cm³/mol. The van der Waals surface area contributed by atoms with Crippen LogP contribution < -0.4 is 14.8 Å². The molecule has 9 heteroatoms. The number of ether oxygens (including phenoxy) is 3. The van der Waals surface area contributed by atoms with Crippen molar-refractivity contribution in [2.24, 2.45) is 0 Å². The molecule has 9 nitrogen and oxygen atoms in total. The van der Waals surface area contributed by atoms with Crippen LogP contribution in [0, 0.1) is 0 Å². The average Bonchev–Trinajstić information content (AvgIpc) is 3.54. The van der Waals surface area contributed by atoms with Crippen LogP contribution in [0.3, 0.4) is 0 Å². The van der Waals surface area contributed by atoms with E-state index in [1.165, 1.54) is 0 Å². The largest absolute Gasteiger partial charge is 0.497 e. The standard InChI is InChI=1S/C23H29N3O6/c1-29-15-8-9-20(30-2)17(12-15)21-13-18(25-32-21)23(28)26-10-4-3-7-19(26)22(27)24-14-16-6-5-11-31-16/h8-9,12-13,16,19H,3-7,10-11,14H2,1-2H3,(H,24,27)/t16-,19-/m1/s1. The lowest BCUT2D eigenvalue weighted by molar-refractivity contribution is -0.127. The molecule has 172 valence electrons. The smallest absolute Gasteiger partial charge is 0.276 e. The van der Waals surface area contributed by atoms with Gasteiger partial charge in [0.1, 0.15) is 17.5 Å². The molecule has 2 amide bonds. The quantitative estimate of drug-likeness (QED) is 0.702. The number of hydrogen-bond acceptors (Lipinski definition) is 7. The normalized spacial score (nSPS) is 20.8. The van der Waals surface area contributed by atoms with Crippen LogP contribution in [0.1, 0.15) is 42.6 Å². The van der Waals surface area contributed by atoms with E-state index in [0.29, 0.717) is 42.3 Å². The van der Waals surface area contributed by atoms with Crippen LogP contribution in [0.2, 0.25) is 0 Å². The van der Waals surface area contributed by atoms with Gasteiger partial charge >= 0.3 is 0 Å². The maximum Gasteiger partial charge on any atom is 0.276 e. The van der Waals surface area contributed by atoms with Gasteiger partial charge in [-0.3, -0.25) is 9.59 Å². The van der Waals surface area contributed by atoms with Crippen LogP contribution in [-0.2, 0) is 9.53 Å². The van der Waals surface area contributed by atoms with Crippen molar-refractivity contribution < 1.29 is 28.3 Å². The molecule has 0 unspecified atom stereocenters. The van der Waals surface area contributed by atoms with Gasteiger partial charge in [-0.1, -0.05) is 5.16 Å². The van der Waals surface area contributed by atoms with E-state index >= 15 is 0 Å². The van der Waals surface area contributed by atoms with Gasteiger partial charge in [-0.15, -0.1) is 0 Å². The highest BCUT2D eigenvalue weighted by Gasteiger charge is 2.34. The highest BCUT2D eigenvalue weighted by Crippen LogP contribution is 2.34. The zero-order valence-corrected chi connectivity index (χ0v) is 18.5. The van der Waals surface area contributed by atoms with Crippen molar-refractivity contribution in [1.82, 2.24) is 15.4 Å². The van der Waals surface area contributed by atoms with Crippen molar-refractivity contribution in [3.63, 3.8) is 0 Å². The summed E-state index contributed by atoms with van der Waals surface area (Å²) in [6, 6.07) is 6.35. The number of aromatic nitrogens is 1. The lowest BCUT2D eigenvalue weighted by Crippen LogP contribution is -2.52. The van der Waals surface area contributed by atoms with Crippen molar-refractivity contribution in [3.8, 4) is 22.8 Å². The van der Waals surface area contributed by atoms with Crippen molar-refractivity contribution in [1.29, 1.82) is 0 Å². The monoisotopic (exact) mass is 443 g/mol. The summed E-state index contributed by atoms with van der Waals surface area (Å²) in [5.41, 5.74) is 0.784. The average molecular weight is 444 g/mol. The lowest BCUT2D eigenvalue weighted by atomic mass is 10.0. The van der Waals surface area contributed by atoms with E-state index in [2.05, 4.69) is 10.5 Å². The molecule has 2 fully saturated rings. The van der Waals surface area contributed by atoms with Gasteiger partial charge in [0.15, 0.2) is 11.5 Å². The molecular weight excluding hydrogens is 414 g/mol. The second kappa shape index (κ2) is 10.0. The lowest BCUT2D eigenvalue weighted by Gasteiger charge is -2.34. The summed E-state index contributed by atoms with van der Waals surface area (Å²) in [5, 5.41) is 6.94. The first kappa shape index (κ1) is 22.1. The number of rotatable bonds is 7. The van der Waals surface area contributed by atoms with Gasteiger partial charge in [-0.25, -0.2) is 0 Å². The molecule has 0 saturated carbocycles. The third kappa shape index (κ3) is 4.72. The van der Waals surface area contributed by atoms with E-state index < -0.39 is 6.04 Å². The van der Waals surface area contributed by atoms with Crippen LogP contribution in [0.5, 0.6) is 11.5 Å². The van der Waals surface area contributed by atoms with Gasteiger partial charge in [0.25, 0.3) is 5.91 Å². The Hall–Kier alpha value is -3.07. The summed E-state index contributed by atoms with van der Waals surface area (Å²) >= 11 is 0. The van der Waals surface area contributed by atoms with E-state index in [9.17, 15) is 9.59 Å². The Kier molecular flexibility index (Phi) is 6.94.